The quantitative estimate of drug-likeness (QED) is 0.701. The standard InChI is InChI=1S/C23H28N2O5S/c1-16(2)21(25-31(27,28)18-9-5-3-6-10-18)22(26)24-17-11-12-19-20(15-17)30-23(29-19)13-7-4-8-14-23/h3,5-6,9-12,15-16,21,25H,4,7-8,13-14H2,1-2H3,(H,24,26)/t21-/m1/s1. The first-order chi connectivity index (χ1) is 14.8. The molecule has 0 bridgehead atoms. The van der Waals surface area contributed by atoms with Crippen molar-refractivity contribution >= 4 is 21.6 Å². The van der Waals surface area contributed by atoms with E-state index in [2.05, 4.69) is 10.0 Å². The smallest absolute Gasteiger partial charge is 0.251 e. The van der Waals surface area contributed by atoms with Crippen molar-refractivity contribution in [2.75, 3.05) is 5.32 Å². The van der Waals surface area contributed by atoms with Crippen LogP contribution in [0.15, 0.2) is 53.4 Å². The number of sulfonamides is 1. The van der Waals surface area contributed by atoms with Gasteiger partial charge in [0.05, 0.1) is 4.90 Å². The summed E-state index contributed by atoms with van der Waals surface area (Å²) < 4.78 is 40.1. The van der Waals surface area contributed by atoms with Gasteiger partial charge in [-0.05, 0) is 43.0 Å². The Bertz CT molecular complexity index is 1050. The first kappa shape index (κ1) is 21.6. The highest BCUT2D eigenvalue weighted by Crippen LogP contribution is 2.46. The molecule has 8 heteroatoms. The summed E-state index contributed by atoms with van der Waals surface area (Å²) in [4.78, 5) is 13.1. The van der Waals surface area contributed by atoms with Crippen LogP contribution in [-0.4, -0.2) is 26.2 Å². The lowest BCUT2D eigenvalue weighted by Crippen LogP contribution is -2.47. The topological polar surface area (TPSA) is 93.7 Å². The molecule has 31 heavy (non-hydrogen) atoms. The molecule has 1 fully saturated rings. The minimum Gasteiger partial charge on any atom is -0.448 e. The van der Waals surface area contributed by atoms with Crippen LogP contribution < -0.4 is 19.5 Å². The molecule has 1 atom stereocenters. The van der Waals surface area contributed by atoms with E-state index in [1.165, 1.54) is 18.6 Å². The van der Waals surface area contributed by atoms with Crippen molar-refractivity contribution in [3.05, 3.63) is 48.5 Å². The van der Waals surface area contributed by atoms with Crippen LogP contribution in [0.2, 0.25) is 0 Å². The molecule has 4 rings (SSSR count). The second kappa shape index (κ2) is 8.51. The molecule has 2 aliphatic rings. The van der Waals surface area contributed by atoms with Crippen LogP contribution in [-0.2, 0) is 14.8 Å². The van der Waals surface area contributed by atoms with E-state index >= 15 is 0 Å². The summed E-state index contributed by atoms with van der Waals surface area (Å²) >= 11 is 0. The maximum atomic E-state index is 12.9. The fourth-order valence-corrected chi connectivity index (χ4v) is 5.38. The summed E-state index contributed by atoms with van der Waals surface area (Å²) in [6.07, 6.45) is 5.01. The van der Waals surface area contributed by atoms with E-state index in [4.69, 9.17) is 9.47 Å². The third-order valence-corrected chi connectivity index (χ3v) is 7.16. The highest BCUT2D eigenvalue weighted by Gasteiger charge is 2.42. The summed E-state index contributed by atoms with van der Waals surface area (Å²) in [5.41, 5.74) is 0.532. The molecule has 1 saturated carbocycles. The van der Waals surface area contributed by atoms with Gasteiger partial charge < -0.3 is 14.8 Å². The number of hydrogen-bond donors (Lipinski definition) is 2. The van der Waals surface area contributed by atoms with E-state index in [-0.39, 0.29) is 10.8 Å². The number of benzene rings is 2. The molecule has 1 heterocycles. The van der Waals surface area contributed by atoms with Gasteiger partial charge in [0.2, 0.25) is 15.9 Å². The zero-order valence-corrected chi connectivity index (χ0v) is 18.6. The monoisotopic (exact) mass is 444 g/mol. The number of carbonyl (C=O) groups excluding carboxylic acids is 1. The Morgan fingerprint density at radius 1 is 0.968 bits per heavy atom. The van der Waals surface area contributed by atoms with Crippen LogP contribution >= 0.6 is 0 Å². The predicted octanol–water partition coefficient (Wildman–Crippen LogP) is 4.06. The van der Waals surface area contributed by atoms with Gasteiger partial charge in [0.25, 0.3) is 5.79 Å². The van der Waals surface area contributed by atoms with Crippen molar-refractivity contribution in [1.29, 1.82) is 0 Å². The maximum absolute atomic E-state index is 12.9. The van der Waals surface area contributed by atoms with Crippen molar-refractivity contribution in [2.45, 2.75) is 62.7 Å². The van der Waals surface area contributed by atoms with Crippen molar-refractivity contribution in [1.82, 2.24) is 4.72 Å². The summed E-state index contributed by atoms with van der Waals surface area (Å²) in [6, 6.07) is 12.4. The number of fused-ring (bicyclic) bond motifs is 1. The summed E-state index contributed by atoms with van der Waals surface area (Å²) in [6.45, 7) is 3.59. The predicted molar refractivity (Wildman–Crippen MR) is 118 cm³/mol. The molecule has 166 valence electrons. The van der Waals surface area contributed by atoms with Gasteiger partial charge in [-0.15, -0.1) is 0 Å². The summed E-state index contributed by atoms with van der Waals surface area (Å²) in [5, 5.41) is 2.82. The second-order valence-electron chi connectivity index (χ2n) is 8.48. The van der Waals surface area contributed by atoms with Gasteiger partial charge in [0.15, 0.2) is 11.5 Å². The maximum Gasteiger partial charge on any atom is 0.251 e. The minimum atomic E-state index is -3.83. The SMILES string of the molecule is CC(C)[C@@H](NS(=O)(=O)c1ccccc1)C(=O)Nc1ccc2c(c1)OC1(CCCCC1)O2. The lowest BCUT2D eigenvalue weighted by Gasteiger charge is -2.31. The highest BCUT2D eigenvalue weighted by atomic mass is 32.2. The molecule has 2 aromatic carbocycles. The Balaban J connectivity index is 1.47. The zero-order chi connectivity index (χ0) is 22.1. The Labute approximate surface area is 183 Å². The molecule has 1 amide bonds. The van der Waals surface area contributed by atoms with Crippen LogP contribution in [0.3, 0.4) is 0 Å². The highest BCUT2D eigenvalue weighted by molar-refractivity contribution is 7.89. The van der Waals surface area contributed by atoms with Gasteiger partial charge in [-0.1, -0.05) is 38.5 Å². The number of anilines is 1. The van der Waals surface area contributed by atoms with Gasteiger partial charge in [0, 0.05) is 24.6 Å². The first-order valence-corrected chi connectivity index (χ1v) is 12.2. The number of rotatable bonds is 6. The molecule has 1 aliphatic heterocycles. The molecule has 1 spiro atoms. The van der Waals surface area contributed by atoms with E-state index in [9.17, 15) is 13.2 Å². The average molecular weight is 445 g/mol. The third kappa shape index (κ3) is 4.70. The number of amides is 1. The number of hydrogen-bond acceptors (Lipinski definition) is 5. The molecule has 0 aromatic heterocycles. The third-order valence-electron chi connectivity index (χ3n) is 5.70. The fraction of sp³-hybridized carbons (Fsp3) is 0.435. The summed E-state index contributed by atoms with van der Waals surface area (Å²) in [5.74, 6) is 0.00385. The zero-order valence-electron chi connectivity index (χ0n) is 17.8. The van der Waals surface area contributed by atoms with E-state index in [0.717, 1.165) is 25.7 Å². The lowest BCUT2D eigenvalue weighted by molar-refractivity contribution is -0.118. The van der Waals surface area contributed by atoms with Gasteiger partial charge in [-0.2, -0.15) is 4.72 Å². The van der Waals surface area contributed by atoms with E-state index < -0.39 is 27.8 Å². The molecule has 1 aliphatic carbocycles. The summed E-state index contributed by atoms with van der Waals surface area (Å²) in [7, 11) is -3.83. The second-order valence-corrected chi connectivity index (χ2v) is 10.2. The normalized spacial score (nSPS) is 18.2. The van der Waals surface area contributed by atoms with Crippen LogP contribution in [0.4, 0.5) is 5.69 Å². The van der Waals surface area contributed by atoms with Crippen LogP contribution in [0.5, 0.6) is 11.5 Å². The van der Waals surface area contributed by atoms with Crippen LogP contribution in [0.1, 0.15) is 46.0 Å². The van der Waals surface area contributed by atoms with E-state index in [0.29, 0.717) is 17.2 Å². The molecule has 0 radical (unpaired) electrons. The fourth-order valence-electron chi connectivity index (χ4n) is 4.01. The number of carbonyl (C=O) groups is 1. The van der Waals surface area contributed by atoms with Crippen molar-refractivity contribution in [3.63, 3.8) is 0 Å². The Hall–Kier alpha value is -2.58. The van der Waals surface area contributed by atoms with Crippen molar-refractivity contribution in [3.8, 4) is 11.5 Å². The van der Waals surface area contributed by atoms with Crippen molar-refractivity contribution in [2.24, 2.45) is 5.92 Å². The molecule has 7 nitrogen and oxygen atoms in total. The minimum absolute atomic E-state index is 0.120. The van der Waals surface area contributed by atoms with Crippen LogP contribution in [0, 0.1) is 5.92 Å². The number of nitrogens with one attached hydrogen (secondary N) is 2. The van der Waals surface area contributed by atoms with E-state index in [1.807, 2.05) is 0 Å². The number of ether oxygens (including phenoxy) is 2. The van der Waals surface area contributed by atoms with Crippen LogP contribution in [0.25, 0.3) is 0 Å². The van der Waals surface area contributed by atoms with Crippen molar-refractivity contribution < 1.29 is 22.7 Å². The average Bonchev–Trinajstić information content (AvgIpc) is 3.09. The Morgan fingerprint density at radius 3 is 2.32 bits per heavy atom. The molecular formula is C23H28N2O5S. The van der Waals surface area contributed by atoms with Gasteiger partial charge in [0.1, 0.15) is 6.04 Å². The first-order valence-electron chi connectivity index (χ1n) is 10.7. The molecular weight excluding hydrogens is 416 g/mol. The van der Waals surface area contributed by atoms with Gasteiger partial charge >= 0.3 is 0 Å². The molecule has 0 unspecified atom stereocenters. The van der Waals surface area contributed by atoms with Gasteiger partial charge in [-0.3, -0.25) is 4.79 Å². The largest absolute Gasteiger partial charge is 0.448 e. The van der Waals surface area contributed by atoms with E-state index in [1.54, 1.807) is 50.2 Å². The lowest BCUT2D eigenvalue weighted by atomic mass is 9.94. The molecule has 2 aromatic rings. The molecule has 2 N–H and O–H groups in total. The Kier molecular flexibility index (Phi) is 5.94. The molecule has 0 saturated heterocycles. The van der Waals surface area contributed by atoms with Gasteiger partial charge in [-0.25, -0.2) is 8.42 Å². The Morgan fingerprint density at radius 2 is 1.65 bits per heavy atom.